The molecule has 0 aromatic heterocycles. The van der Waals surface area contributed by atoms with E-state index in [9.17, 15) is 24.2 Å². The standard InChI is InChI=1S/C29H34FIN2O5/c30-22-10-4-3-9-20(22)18-33(27(35)15-19-7-1-2-8-19)24-16-21(29(37)32-13-14-34)17-26(28(24)36)38-25-12-6-5-11-23(25)31/h3-6,9-12,17,19,24,26,28,34,36H,1-2,7-8,13-16,18H2,(H,32,37)/t24-,26+,28+/m1/s1. The number of amides is 2. The van der Waals surface area contributed by atoms with E-state index in [-0.39, 0.29) is 37.9 Å². The van der Waals surface area contributed by atoms with Gasteiger partial charge in [-0.25, -0.2) is 4.39 Å². The summed E-state index contributed by atoms with van der Waals surface area (Å²) in [5.74, 6) is -0.204. The molecule has 9 heteroatoms. The number of aliphatic hydroxyl groups excluding tert-OH is 2. The van der Waals surface area contributed by atoms with Gasteiger partial charge in [-0.2, -0.15) is 0 Å². The molecule has 0 heterocycles. The summed E-state index contributed by atoms with van der Waals surface area (Å²) in [4.78, 5) is 28.2. The molecular weight excluding hydrogens is 602 g/mol. The van der Waals surface area contributed by atoms with Crippen molar-refractivity contribution < 1.29 is 28.9 Å². The smallest absolute Gasteiger partial charge is 0.247 e. The number of para-hydroxylation sites is 1. The predicted molar refractivity (Wildman–Crippen MR) is 150 cm³/mol. The molecule has 2 amide bonds. The van der Waals surface area contributed by atoms with Crippen LogP contribution < -0.4 is 10.1 Å². The van der Waals surface area contributed by atoms with Crippen LogP contribution >= 0.6 is 22.6 Å². The summed E-state index contributed by atoms with van der Waals surface area (Å²) in [6.45, 7) is -0.168. The average Bonchev–Trinajstić information content (AvgIpc) is 3.42. The number of hydrogen-bond acceptors (Lipinski definition) is 5. The zero-order chi connectivity index (χ0) is 27.1. The number of halogens is 2. The maximum Gasteiger partial charge on any atom is 0.247 e. The van der Waals surface area contributed by atoms with E-state index in [1.807, 2.05) is 18.2 Å². The zero-order valence-electron chi connectivity index (χ0n) is 21.2. The summed E-state index contributed by atoms with van der Waals surface area (Å²) >= 11 is 2.14. The quantitative estimate of drug-likeness (QED) is 0.344. The monoisotopic (exact) mass is 636 g/mol. The van der Waals surface area contributed by atoms with E-state index in [0.29, 0.717) is 23.3 Å². The van der Waals surface area contributed by atoms with Gasteiger partial charge in [0.2, 0.25) is 11.8 Å². The Morgan fingerprint density at radius 3 is 2.53 bits per heavy atom. The third-order valence-corrected chi connectivity index (χ3v) is 8.16. The molecule has 4 rings (SSSR count). The first-order chi connectivity index (χ1) is 18.4. The van der Waals surface area contributed by atoms with Gasteiger partial charge in [-0.3, -0.25) is 9.59 Å². The van der Waals surface area contributed by atoms with Gasteiger partial charge >= 0.3 is 0 Å². The van der Waals surface area contributed by atoms with Crippen molar-refractivity contribution in [3.63, 3.8) is 0 Å². The second-order valence-electron chi connectivity index (χ2n) is 9.91. The number of ether oxygens (including phenoxy) is 1. The molecule has 0 saturated heterocycles. The Hall–Kier alpha value is -2.50. The minimum atomic E-state index is -1.15. The summed E-state index contributed by atoms with van der Waals surface area (Å²) in [6, 6.07) is 12.8. The molecule has 3 N–H and O–H groups in total. The number of carbonyl (C=O) groups excluding carboxylic acids is 2. The van der Waals surface area contributed by atoms with Crippen LogP contribution in [-0.2, 0) is 16.1 Å². The number of nitrogens with zero attached hydrogens (tertiary/aromatic N) is 1. The lowest BCUT2D eigenvalue weighted by molar-refractivity contribution is -0.140. The van der Waals surface area contributed by atoms with Crippen LogP contribution in [0.4, 0.5) is 4.39 Å². The molecule has 7 nitrogen and oxygen atoms in total. The normalized spacial score (nSPS) is 21.6. The fourth-order valence-corrected chi connectivity index (χ4v) is 5.76. The Balaban J connectivity index is 1.67. The van der Waals surface area contributed by atoms with E-state index in [1.54, 1.807) is 30.3 Å². The molecular formula is C29H34FIN2O5. The Labute approximate surface area is 236 Å². The summed E-state index contributed by atoms with van der Waals surface area (Å²) in [7, 11) is 0. The van der Waals surface area contributed by atoms with E-state index in [1.165, 1.54) is 11.0 Å². The number of aliphatic hydroxyl groups is 2. The minimum Gasteiger partial charge on any atom is -0.482 e. The lowest BCUT2D eigenvalue weighted by Gasteiger charge is -2.41. The van der Waals surface area contributed by atoms with Crippen molar-refractivity contribution in [2.24, 2.45) is 5.92 Å². The second-order valence-corrected chi connectivity index (χ2v) is 11.1. The van der Waals surface area contributed by atoms with Crippen LogP contribution in [0.15, 0.2) is 60.2 Å². The molecule has 2 aliphatic carbocycles. The molecule has 204 valence electrons. The van der Waals surface area contributed by atoms with E-state index >= 15 is 0 Å². The zero-order valence-corrected chi connectivity index (χ0v) is 23.3. The van der Waals surface area contributed by atoms with Crippen molar-refractivity contribution in [1.82, 2.24) is 10.2 Å². The van der Waals surface area contributed by atoms with Crippen LogP contribution in [0.25, 0.3) is 0 Å². The van der Waals surface area contributed by atoms with Crippen molar-refractivity contribution in [2.45, 2.75) is 63.3 Å². The molecule has 0 spiro atoms. The first kappa shape index (κ1) is 28.5. The lowest BCUT2D eigenvalue weighted by Crippen LogP contribution is -2.55. The van der Waals surface area contributed by atoms with Gasteiger partial charge in [0.1, 0.15) is 23.8 Å². The lowest BCUT2D eigenvalue weighted by atomic mass is 9.87. The van der Waals surface area contributed by atoms with E-state index in [0.717, 1.165) is 29.3 Å². The van der Waals surface area contributed by atoms with Gasteiger partial charge < -0.3 is 25.2 Å². The molecule has 0 aliphatic heterocycles. The van der Waals surface area contributed by atoms with Gasteiger partial charge in [-0.1, -0.05) is 43.2 Å². The van der Waals surface area contributed by atoms with Gasteiger partial charge in [0.05, 0.1) is 16.2 Å². The fraction of sp³-hybridized carbons (Fsp3) is 0.448. The molecule has 1 fully saturated rings. The van der Waals surface area contributed by atoms with Crippen molar-refractivity contribution in [3.05, 3.63) is 75.1 Å². The number of carbonyl (C=O) groups is 2. The summed E-state index contributed by atoms with van der Waals surface area (Å²) in [6.07, 6.45) is 4.02. The van der Waals surface area contributed by atoms with E-state index < -0.39 is 30.0 Å². The van der Waals surface area contributed by atoms with Crippen LogP contribution in [-0.4, -0.2) is 58.3 Å². The maximum absolute atomic E-state index is 14.7. The molecule has 0 bridgehead atoms. The second kappa shape index (κ2) is 13.5. The van der Waals surface area contributed by atoms with Crippen LogP contribution in [0.3, 0.4) is 0 Å². The highest BCUT2D eigenvalue weighted by molar-refractivity contribution is 14.1. The average molecular weight is 637 g/mol. The highest BCUT2D eigenvalue weighted by Gasteiger charge is 2.41. The molecule has 0 unspecified atom stereocenters. The molecule has 1 saturated carbocycles. The minimum absolute atomic E-state index is 0.0267. The molecule has 38 heavy (non-hydrogen) atoms. The Morgan fingerprint density at radius 1 is 1.11 bits per heavy atom. The van der Waals surface area contributed by atoms with Crippen LogP contribution in [0.1, 0.15) is 44.1 Å². The molecule has 2 aliphatic rings. The first-order valence-corrected chi connectivity index (χ1v) is 14.2. The third kappa shape index (κ3) is 7.12. The van der Waals surface area contributed by atoms with Crippen LogP contribution in [0.2, 0.25) is 0 Å². The van der Waals surface area contributed by atoms with Crippen molar-refractivity contribution in [1.29, 1.82) is 0 Å². The fourth-order valence-electron chi connectivity index (χ4n) is 5.25. The van der Waals surface area contributed by atoms with Crippen LogP contribution in [0, 0.1) is 15.3 Å². The van der Waals surface area contributed by atoms with Gasteiger partial charge in [0.15, 0.2) is 0 Å². The first-order valence-electron chi connectivity index (χ1n) is 13.1. The van der Waals surface area contributed by atoms with Gasteiger partial charge in [0.25, 0.3) is 0 Å². The highest BCUT2D eigenvalue weighted by atomic mass is 127. The van der Waals surface area contributed by atoms with Gasteiger partial charge in [0, 0.05) is 37.1 Å². The Bertz CT molecular complexity index is 1150. The summed E-state index contributed by atoms with van der Waals surface area (Å²) in [5.41, 5.74) is 0.687. The van der Waals surface area contributed by atoms with Crippen molar-refractivity contribution in [2.75, 3.05) is 13.2 Å². The SMILES string of the molecule is O=C(NCCO)C1=C[C@H](Oc2ccccc2I)[C@@H](O)[C@H](N(Cc2ccccc2F)C(=O)CC2CCCC2)C1. The van der Waals surface area contributed by atoms with Crippen molar-refractivity contribution in [3.8, 4) is 5.75 Å². The third-order valence-electron chi connectivity index (χ3n) is 7.27. The van der Waals surface area contributed by atoms with E-state index in [2.05, 4.69) is 27.9 Å². The molecule has 2 aromatic carbocycles. The molecule has 3 atom stereocenters. The van der Waals surface area contributed by atoms with Gasteiger partial charge in [-0.05, 0) is 65.6 Å². The summed E-state index contributed by atoms with van der Waals surface area (Å²) < 4.78 is 21.7. The molecule has 0 radical (unpaired) electrons. The Kier molecular flexibility index (Phi) is 10.1. The topological polar surface area (TPSA) is 99.1 Å². The van der Waals surface area contributed by atoms with Gasteiger partial charge in [-0.15, -0.1) is 0 Å². The number of benzene rings is 2. The maximum atomic E-state index is 14.7. The molecule has 2 aromatic rings. The number of hydrogen-bond donors (Lipinski definition) is 3. The largest absolute Gasteiger partial charge is 0.482 e. The van der Waals surface area contributed by atoms with Crippen molar-refractivity contribution >= 4 is 34.4 Å². The summed E-state index contributed by atoms with van der Waals surface area (Å²) in [5, 5.41) is 23.4. The number of rotatable bonds is 10. The highest BCUT2D eigenvalue weighted by Crippen LogP contribution is 2.33. The van der Waals surface area contributed by atoms with E-state index in [4.69, 9.17) is 4.74 Å². The Morgan fingerprint density at radius 2 is 1.82 bits per heavy atom. The number of nitrogens with one attached hydrogen (secondary N) is 1. The van der Waals surface area contributed by atoms with Crippen LogP contribution in [0.5, 0.6) is 5.75 Å². The predicted octanol–water partition coefficient (Wildman–Crippen LogP) is 3.95.